The van der Waals surface area contributed by atoms with Crippen molar-refractivity contribution in [1.82, 2.24) is 9.80 Å². The van der Waals surface area contributed by atoms with Gasteiger partial charge in [0, 0.05) is 41.3 Å². The largest absolute Gasteiger partial charge is 0.391 e. The number of aliphatic hydroxyl groups is 1. The number of likely N-dealkylation sites (N-methyl/N-ethyl adjacent to an activating group) is 2. The van der Waals surface area contributed by atoms with Gasteiger partial charge in [-0.3, -0.25) is 4.90 Å². The standard InChI is InChI=1S/C14H21ClN2OS/c1-16-6-7-17(2)13(9-16)14(18)10-19-12-5-3-4-11(15)8-12/h3-5,8,13-14,18H,6-7,9-10H2,1-2H3. The minimum absolute atomic E-state index is 0.213. The molecule has 0 amide bonds. The van der Waals surface area contributed by atoms with Gasteiger partial charge < -0.3 is 10.0 Å². The normalized spacial score (nSPS) is 23.5. The summed E-state index contributed by atoms with van der Waals surface area (Å²) >= 11 is 7.62. The van der Waals surface area contributed by atoms with E-state index in [1.54, 1.807) is 11.8 Å². The van der Waals surface area contributed by atoms with Crippen LogP contribution in [0.3, 0.4) is 0 Å². The molecule has 1 aromatic carbocycles. The zero-order valence-electron chi connectivity index (χ0n) is 11.4. The van der Waals surface area contributed by atoms with Crippen molar-refractivity contribution in [2.45, 2.75) is 17.0 Å². The van der Waals surface area contributed by atoms with Gasteiger partial charge in [0.05, 0.1) is 6.10 Å². The molecule has 0 aliphatic carbocycles. The molecular formula is C14H21ClN2OS. The maximum Gasteiger partial charge on any atom is 0.0801 e. The summed E-state index contributed by atoms with van der Waals surface area (Å²) in [5.74, 6) is 0.698. The molecule has 5 heteroatoms. The molecule has 1 aliphatic heterocycles. The lowest BCUT2D eigenvalue weighted by Crippen LogP contribution is -2.55. The Morgan fingerprint density at radius 2 is 2.21 bits per heavy atom. The Balaban J connectivity index is 1.88. The predicted molar refractivity (Wildman–Crippen MR) is 82.1 cm³/mol. The molecule has 1 heterocycles. The second-order valence-electron chi connectivity index (χ2n) is 5.15. The molecule has 2 unspecified atom stereocenters. The van der Waals surface area contributed by atoms with Gasteiger partial charge in [-0.05, 0) is 32.3 Å². The smallest absolute Gasteiger partial charge is 0.0801 e. The first kappa shape index (κ1) is 15.1. The highest BCUT2D eigenvalue weighted by Crippen LogP contribution is 2.24. The van der Waals surface area contributed by atoms with E-state index in [4.69, 9.17) is 11.6 Å². The fourth-order valence-corrected chi connectivity index (χ4v) is 3.53. The van der Waals surface area contributed by atoms with Crippen molar-refractivity contribution in [1.29, 1.82) is 0 Å². The average Bonchev–Trinajstić information content (AvgIpc) is 2.39. The highest BCUT2D eigenvalue weighted by Gasteiger charge is 2.28. The summed E-state index contributed by atoms with van der Waals surface area (Å²) in [4.78, 5) is 5.64. The quantitative estimate of drug-likeness (QED) is 0.861. The first-order chi connectivity index (χ1) is 9.06. The third kappa shape index (κ3) is 4.36. The Morgan fingerprint density at radius 1 is 1.42 bits per heavy atom. The monoisotopic (exact) mass is 300 g/mol. The first-order valence-electron chi connectivity index (χ1n) is 6.51. The van der Waals surface area contributed by atoms with Gasteiger partial charge in [0.15, 0.2) is 0 Å². The van der Waals surface area contributed by atoms with Crippen molar-refractivity contribution in [3.05, 3.63) is 29.3 Å². The molecule has 0 spiro atoms. The van der Waals surface area contributed by atoms with E-state index in [0.29, 0.717) is 5.75 Å². The van der Waals surface area contributed by atoms with Gasteiger partial charge in [-0.2, -0.15) is 0 Å². The summed E-state index contributed by atoms with van der Waals surface area (Å²) in [6.07, 6.45) is -0.322. The fraction of sp³-hybridized carbons (Fsp3) is 0.571. The fourth-order valence-electron chi connectivity index (χ4n) is 2.31. The van der Waals surface area contributed by atoms with Gasteiger partial charge in [0.1, 0.15) is 0 Å². The van der Waals surface area contributed by atoms with Crippen LogP contribution < -0.4 is 0 Å². The Bertz CT molecular complexity index is 418. The molecule has 1 aliphatic rings. The van der Waals surface area contributed by atoms with Crippen LogP contribution in [0.1, 0.15) is 0 Å². The molecular weight excluding hydrogens is 280 g/mol. The number of piperazine rings is 1. The molecule has 0 saturated carbocycles. The zero-order valence-corrected chi connectivity index (χ0v) is 13.0. The molecule has 1 fully saturated rings. The van der Waals surface area contributed by atoms with Crippen molar-refractivity contribution in [2.75, 3.05) is 39.5 Å². The van der Waals surface area contributed by atoms with Crippen LogP contribution >= 0.6 is 23.4 Å². The van der Waals surface area contributed by atoms with Crippen molar-refractivity contribution in [3.8, 4) is 0 Å². The van der Waals surface area contributed by atoms with E-state index in [1.165, 1.54) is 0 Å². The van der Waals surface area contributed by atoms with Crippen LogP contribution in [0.15, 0.2) is 29.2 Å². The van der Waals surface area contributed by atoms with E-state index >= 15 is 0 Å². The van der Waals surface area contributed by atoms with Crippen LogP contribution in [0.5, 0.6) is 0 Å². The molecule has 2 atom stereocenters. The SMILES string of the molecule is CN1CCN(C)C(C(O)CSc2cccc(Cl)c2)C1. The highest BCUT2D eigenvalue weighted by molar-refractivity contribution is 7.99. The molecule has 2 rings (SSSR count). The minimum Gasteiger partial charge on any atom is -0.391 e. The van der Waals surface area contributed by atoms with Crippen LogP contribution in [0.2, 0.25) is 5.02 Å². The van der Waals surface area contributed by atoms with Crippen molar-refractivity contribution in [2.24, 2.45) is 0 Å². The van der Waals surface area contributed by atoms with Crippen molar-refractivity contribution < 1.29 is 5.11 Å². The summed E-state index contributed by atoms with van der Waals surface area (Å²) in [5.41, 5.74) is 0. The molecule has 1 N–H and O–H groups in total. The van der Waals surface area contributed by atoms with E-state index in [1.807, 2.05) is 24.3 Å². The number of rotatable bonds is 4. The molecule has 1 aromatic rings. The van der Waals surface area contributed by atoms with E-state index in [9.17, 15) is 5.11 Å². The number of benzene rings is 1. The summed E-state index contributed by atoms with van der Waals surface area (Å²) in [6.45, 7) is 3.01. The van der Waals surface area contributed by atoms with Crippen molar-refractivity contribution in [3.63, 3.8) is 0 Å². The van der Waals surface area contributed by atoms with Crippen molar-refractivity contribution >= 4 is 23.4 Å². The molecule has 3 nitrogen and oxygen atoms in total. The molecule has 106 valence electrons. The lowest BCUT2D eigenvalue weighted by molar-refractivity contribution is 0.0265. The lowest BCUT2D eigenvalue weighted by atomic mass is 10.1. The molecule has 0 radical (unpaired) electrons. The van der Waals surface area contributed by atoms with Gasteiger partial charge in [0.25, 0.3) is 0 Å². The van der Waals surface area contributed by atoms with E-state index in [0.717, 1.165) is 29.6 Å². The summed E-state index contributed by atoms with van der Waals surface area (Å²) in [6, 6.07) is 7.99. The van der Waals surface area contributed by atoms with Crippen LogP contribution in [-0.2, 0) is 0 Å². The summed E-state index contributed by atoms with van der Waals surface area (Å²) in [5, 5.41) is 11.1. The van der Waals surface area contributed by atoms with Crippen LogP contribution in [0.25, 0.3) is 0 Å². The molecule has 0 bridgehead atoms. The zero-order chi connectivity index (χ0) is 13.8. The molecule has 1 saturated heterocycles. The third-order valence-corrected chi connectivity index (χ3v) is 4.89. The van der Waals surface area contributed by atoms with E-state index < -0.39 is 0 Å². The van der Waals surface area contributed by atoms with E-state index in [2.05, 4.69) is 23.9 Å². The third-order valence-electron chi connectivity index (χ3n) is 3.56. The number of halogens is 1. The second kappa shape index (κ2) is 6.95. The first-order valence-corrected chi connectivity index (χ1v) is 7.88. The summed E-state index contributed by atoms with van der Waals surface area (Å²) < 4.78 is 0. The van der Waals surface area contributed by atoms with Gasteiger partial charge in [-0.1, -0.05) is 17.7 Å². The van der Waals surface area contributed by atoms with Gasteiger partial charge in [-0.25, -0.2) is 0 Å². The number of hydrogen-bond acceptors (Lipinski definition) is 4. The summed E-state index contributed by atoms with van der Waals surface area (Å²) in [7, 11) is 4.20. The average molecular weight is 301 g/mol. The minimum atomic E-state index is -0.322. The lowest BCUT2D eigenvalue weighted by Gasteiger charge is -2.40. The topological polar surface area (TPSA) is 26.7 Å². The molecule has 19 heavy (non-hydrogen) atoms. The Hall–Kier alpha value is -0.260. The van der Waals surface area contributed by atoms with Crippen LogP contribution in [-0.4, -0.2) is 66.5 Å². The Kier molecular flexibility index (Phi) is 5.54. The maximum atomic E-state index is 10.4. The second-order valence-corrected chi connectivity index (χ2v) is 6.68. The van der Waals surface area contributed by atoms with Crippen LogP contribution in [0.4, 0.5) is 0 Å². The number of hydrogen-bond donors (Lipinski definition) is 1. The Labute approximate surface area is 124 Å². The maximum absolute atomic E-state index is 10.4. The van der Waals surface area contributed by atoms with Crippen LogP contribution in [0, 0.1) is 0 Å². The van der Waals surface area contributed by atoms with Gasteiger partial charge in [-0.15, -0.1) is 11.8 Å². The predicted octanol–water partition coefficient (Wildman–Crippen LogP) is 2.04. The van der Waals surface area contributed by atoms with E-state index in [-0.39, 0.29) is 12.1 Å². The number of aliphatic hydroxyl groups excluding tert-OH is 1. The number of nitrogens with zero attached hydrogens (tertiary/aromatic N) is 2. The van der Waals surface area contributed by atoms with Gasteiger partial charge in [0.2, 0.25) is 0 Å². The Morgan fingerprint density at radius 3 is 2.95 bits per heavy atom. The highest BCUT2D eigenvalue weighted by atomic mass is 35.5. The van der Waals surface area contributed by atoms with Gasteiger partial charge >= 0.3 is 0 Å². The molecule has 0 aromatic heterocycles. The number of thioether (sulfide) groups is 1.